The Morgan fingerprint density at radius 1 is 1.47 bits per heavy atom. The van der Waals surface area contributed by atoms with E-state index in [2.05, 4.69) is 0 Å². The lowest BCUT2D eigenvalue weighted by Crippen LogP contribution is -2.14. The molecular formula is C12H15FO2. The van der Waals surface area contributed by atoms with Gasteiger partial charge in [-0.3, -0.25) is 0 Å². The fourth-order valence-electron chi connectivity index (χ4n) is 2.39. The van der Waals surface area contributed by atoms with Crippen molar-refractivity contribution < 1.29 is 14.2 Å². The van der Waals surface area contributed by atoms with E-state index in [1.807, 2.05) is 13.8 Å². The third kappa shape index (κ3) is 1.51. The molecule has 2 rings (SSSR count). The van der Waals surface area contributed by atoms with Crippen LogP contribution in [0.3, 0.4) is 0 Å². The fraction of sp³-hybridized carbons (Fsp3) is 0.500. The van der Waals surface area contributed by atoms with Gasteiger partial charge in [0.15, 0.2) is 0 Å². The number of fused-ring (bicyclic) bond motifs is 1. The van der Waals surface area contributed by atoms with Crippen molar-refractivity contribution in [1.29, 1.82) is 0 Å². The molecule has 0 saturated heterocycles. The summed E-state index contributed by atoms with van der Waals surface area (Å²) in [5.74, 6) is 0.175. The lowest BCUT2D eigenvalue weighted by atomic mass is 9.86. The van der Waals surface area contributed by atoms with Crippen LogP contribution >= 0.6 is 0 Å². The number of hydrogen-bond acceptors (Lipinski definition) is 2. The Hall–Kier alpha value is -1.09. The Kier molecular flexibility index (Phi) is 2.23. The van der Waals surface area contributed by atoms with Gasteiger partial charge in [0.1, 0.15) is 11.6 Å². The highest BCUT2D eigenvalue weighted by molar-refractivity contribution is 5.45. The Bertz CT molecular complexity index is 399. The minimum Gasteiger partial charge on any atom is -0.497 e. The van der Waals surface area contributed by atoms with Crippen LogP contribution in [0.4, 0.5) is 4.39 Å². The van der Waals surface area contributed by atoms with Gasteiger partial charge in [-0.25, -0.2) is 4.39 Å². The first-order valence-corrected chi connectivity index (χ1v) is 5.01. The van der Waals surface area contributed by atoms with Crippen molar-refractivity contribution in [3.8, 4) is 5.75 Å². The van der Waals surface area contributed by atoms with Gasteiger partial charge in [0.05, 0.1) is 13.2 Å². The van der Waals surface area contributed by atoms with Crippen LogP contribution in [-0.4, -0.2) is 12.2 Å². The van der Waals surface area contributed by atoms with E-state index in [0.29, 0.717) is 23.3 Å². The Morgan fingerprint density at radius 3 is 2.73 bits per heavy atom. The number of methoxy groups -OCH3 is 1. The van der Waals surface area contributed by atoms with Gasteiger partial charge in [0.2, 0.25) is 0 Å². The van der Waals surface area contributed by atoms with Crippen molar-refractivity contribution in [1.82, 2.24) is 0 Å². The standard InChI is InChI=1S/C12H15FO2/c1-12(2)6-10(14)8-4-7(15-3)5-9(13)11(8)12/h4-5,10,14H,6H2,1-3H3/t10-/m0/s1. The molecule has 0 radical (unpaired) electrons. The molecule has 3 heteroatoms. The molecule has 0 saturated carbocycles. The fourth-order valence-corrected chi connectivity index (χ4v) is 2.39. The topological polar surface area (TPSA) is 29.5 Å². The maximum atomic E-state index is 13.8. The highest BCUT2D eigenvalue weighted by Crippen LogP contribution is 2.46. The molecule has 0 fully saturated rings. The summed E-state index contributed by atoms with van der Waals surface area (Å²) in [6.45, 7) is 3.88. The monoisotopic (exact) mass is 210 g/mol. The minimum atomic E-state index is -0.584. The minimum absolute atomic E-state index is 0.286. The highest BCUT2D eigenvalue weighted by atomic mass is 19.1. The number of ether oxygens (including phenoxy) is 1. The van der Waals surface area contributed by atoms with Crippen LogP contribution in [0.5, 0.6) is 5.75 Å². The van der Waals surface area contributed by atoms with Crippen LogP contribution in [0.25, 0.3) is 0 Å². The molecular weight excluding hydrogens is 195 g/mol. The SMILES string of the molecule is COc1cc(F)c2c(c1)[C@@H](O)CC2(C)C. The number of aliphatic hydroxyl groups excluding tert-OH is 1. The molecule has 0 aromatic heterocycles. The first-order valence-electron chi connectivity index (χ1n) is 5.01. The summed E-state index contributed by atoms with van der Waals surface area (Å²) >= 11 is 0. The van der Waals surface area contributed by atoms with E-state index < -0.39 is 6.10 Å². The summed E-state index contributed by atoms with van der Waals surface area (Å²) in [6.07, 6.45) is -0.0218. The third-order valence-electron chi connectivity index (χ3n) is 3.07. The Morgan fingerprint density at radius 2 is 2.13 bits per heavy atom. The molecule has 1 aliphatic carbocycles. The molecule has 0 unspecified atom stereocenters. The molecule has 15 heavy (non-hydrogen) atoms. The number of benzene rings is 1. The first kappa shape index (κ1) is 10.4. The van der Waals surface area contributed by atoms with Crippen LogP contribution < -0.4 is 4.74 Å². The number of rotatable bonds is 1. The molecule has 1 atom stereocenters. The van der Waals surface area contributed by atoms with Crippen LogP contribution in [-0.2, 0) is 5.41 Å². The van der Waals surface area contributed by atoms with Crippen molar-refractivity contribution in [2.75, 3.05) is 7.11 Å². The van der Waals surface area contributed by atoms with Crippen molar-refractivity contribution in [3.63, 3.8) is 0 Å². The van der Waals surface area contributed by atoms with Gasteiger partial charge >= 0.3 is 0 Å². The smallest absolute Gasteiger partial charge is 0.131 e. The van der Waals surface area contributed by atoms with E-state index in [4.69, 9.17) is 4.74 Å². The van der Waals surface area contributed by atoms with Crippen LogP contribution in [0.2, 0.25) is 0 Å². The van der Waals surface area contributed by atoms with E-state index in [0.717, 1.165) is 0 Å². The van der Waals surface area contributed by atoms with Gasteiger partial charge in [-0.2, -0.15) is 0 Å². The van der Waals surface area contributed by atoms with Crippen LogP contribution in [0.1, 0.15) is 37.5 Å². The summed E-state index contributed by atoms with van der Waals surface area (Å²) in [6, 6.07) is 3.09. The molecule has 0 spiro atoms. The zero-order chi connectivity index (χ0) is 11.2. The lowest BCUT2D eigenvalue weighted by Gasteiger charge is -2.19. The lowest BCUT2D eigenvalue weighted by molar-refractivity contribution is 0.161. The zero-order valence-corrected chi connectivity index (χ0v) is 9.17. The number of aliphatic hydroxyl groups is 1. The van der Waals surface area contributed by atoms with Gasteiger partial charge in [0, 0.05) is 6.07 Å². The van der Waals surface area contributed by atoms with Gasteiger partial charge in [-0.1, -0.05) is 13.8 Å². The molecule has 1 N–H and O–H groups in total. The normalized spacial score (nSPS) is 22.6. The second-order valence-electron chi connectivity index (χ2n) is 4.68. The summed E-state index contributed by atoms with van der Waals surface area (Å²) in [4.78, 5) is 0. The molecule has 0 heterocycles. The van der Waals surface area contributed by atoms with E-state index in [9.17, 15) is 9.50 Å². The molecule has 0 aliphatic heterocycles. The Balaban J connectivity index is 2.63. The number of halogens is 1. The van der Waals surface area contributed by atoms with E-state index in [1.54, 1.807) is 6.07 Å². The van der Waals surface area contributed by atoms with Crippen molar-refractivity contribution in [3.05, 3.63) is 29.1 Å². The molecule has 2 nitrogen and oxygen atoms in total. The quantitative estimate of drug-likeness (QED) is 0.771. The first-order chi connectivity index (χ1) is 6.95. The van der Waals surface area contributed by atoms with Gasteiger partial charge in [-0.15, -0.1) is 0 Å². The zero-order valence-electron chi connectivity index (χ0n) is 9.17. The predicted molar refractivity (Wildman–Crippen MR) is 55.6 cm³/mol. The summed E-state index contributed by atoms with van der Waals surface area (Å²) in [5, 5.41) is 9.84. The van der Waals surface area contributed by atoms with Gasteiger partial charge < -0.3 is 9.84 Å². The molecule has 1 aliphatic rings. The van der Waals surface area contributed by atoms with Crippen molar-refractivity contribution in [2.24, 2.45) is 0 Å². The Labute approximate surface area is 88.7 Å². The maximum Gasteiger partial charge on any atom is 0.131 e. The van der Waals surface area contributed by atoms with E-state index >= 15 is 0 Å². The van der Waals surface area contributed by atoms with Crippen molar-refractivity contribution in [2.45, 2.75) is 31.8 Å². The summed E-state index contributed by atoms with van der Waals surface area (Å²) < 4.78 is 18.8. The third-order valence-corrected chi connectivity index (χ3v) is 3.07. The molecule has 0 amide bonds. The molecule has 1 aromatic carbocycles. The second-order valence-corrected chi connectivity index (χ2v) is 4.68. The summed E-state index contributed by atoms with van der Waals surface area (Å²) in [7, 11) is 1.49. The molecule has 1 aromatic rings. The molecule has 0 bridgehead atoms. The second kappa shape index (κ2) is 3.20. The largest absolute Gasteiger partial charge is 0.497 e. The van der Waals surface area contributed by atoms with Crippen LogP contribution in [0, 0.1) is 5.82 Å². The average molecular weight is 210 g/mol. The van der Waals surface area contributed by atoms with Gasteiger partial charge in [0.25, 0.3) is 0 Å². The van der Waals surface area contributed by atoms with Crippen LogP contribution in [0.15, 0.2) is 12.1 Å². The van der Waals surface area contributed by atoms with E-state index in [-0.39, 0.29) is 11.2 Å². The van der Waals surface area contributed by atoms with Gasteiger partial charge in [-0.05, 0) is 29.0 Å². The maximum absolute atomic E-state index is 13.8. The summed E-state index contributed by atoms with van der Waals surface area (Å²) in [5.41, 5.74) is 0.984. The van der Waals surface area contributed by atoms with Crippen molar-refractivity contribution >= 4 is 0 Å². The number of hydrogen-bond donors (Lipinski definition) is 1. The highest BCUT2D eigenvalue weighted by Gasteiger charge is 2.38. The van der Waals surface area contributed by atoms with E-state index in [1.165, 1.54) is 13.2 Å². The predicted octanol–water partition coefficient (Wildman–Crippen LogP) is 2.55. The average Bonchev–Trinajstić information content (AvgIpc) is 2.37. The molecule has 82 valence electrons.